The summed E-state index contributed by atoms with van der Waals surface area (Å²) in [5, 5.41) is 11.8. The average Bonchev–Trinajstić information content (AvgIpc) is 2.50. The van der Waals surface area contributed by atoms with E-state index in [9.17, 15) is 12.8 Å². The van der Waals surface area contributed by atoms with Crippen LogP contribution in [0, 0.1) is 17.1 Å². The molecule has 0 radical (unpaired) electrons. The molecule has 0 unspecified atom stereocenters. The maximum atomic E-state index is 13.8. The van der Waals surface area contributed by atoms with Crippen LogP contribution >= 0.6 is 0 Å². The maximum Gasteiger partial charge on any atom is 0.213 e. The van der Waals surface area contributed by atoms with Gasteiger partial charge in [-0.25, -0.2) is 17.1 Å². The Labute approximate surface area is 124 Å². The molecule has 1 aromatic carbocycles. The summed E-state index contributed by atoms with van der Waals surface area (Å²) in [6.45, 7) is 2.53. The first kappa shape index (κ1) is 15.7. The van der Waals surface area contributed by atoms with Gasteiger partial charge in [0.1, 0.15) is 5.82 Å². The molecule has 5 nitrogen and oxygen atoms in total. The first-order valence-electron chi connectivity index (χ1n) is 6.90. The fourth-order valence-corrected chi connectivity index (χ4v) is 3.51. The lowest BCUT2D eigenvalue weighted by molar-refractivity contribution is 0.330. The molecule has 1 saturated heterocycles. The molecule has 114 valence electrons. The lowest BCUT2D eigenvalue weighted by atomic mass is 10.1. The minimum atomic E-state index is -3.14. The van der Waals surface area contributed by atoms with Crippen molar-refractivity contribution >= 4 is 15.7 Å². The molecule has 1 aromatic rings. The Balaban J connectivity index is 1.97. The first-order chi connectivity index (χ1) is 9.96. The van der Waals surface area contributed by atoms with Crippen molar-refractivity contribution in [1.82, 2.24) is 4.31 Å². The van der Waals surface area contributed by atoms with Crippen LogP contribution in [0.2, 0.25) is 0 Å². The summed E-state index contributed by atoms with van der Waals surface area (Å²) in [6.07, 6.45) is 1.28. The Bertz CT molecular complexity index is 647. The molecule has 0 bridgehead atoms. The van der Waals surface area contributed by atoms with Crippen molar-refractivity contribution < 1.29 is 12.8 Å². The highest BCUT2D eigenvalue weighted by molar-refractivity contribution is 7.89. The van der Waals surface area contributed by atoms with Gasteiger partial charge >= 0.3 is 0 Å². The van der Waals surface area contributed by atoms with Crippen LogP contribution in [0.5, 0.6) is 0 Å². The third-order valence-corrected chi connectivity index (χ3v) is 5.55. The second kappa shape index (κ2) is 6.41. The number of hydrogen-bond acceptors (Lipinski definition) is 4. The van der Waals surface area contributed by atoms with E-state index in [1.807, 2.05) is 6.07 Å². The average molecular weight is 311 g/mol. The molecule has 1 aliphatic heterocycles. The zero-order chi connectivity index (χ0) is 15.5. The number of nitrogens with one attached hydrogen (secondary N) is 1. The quantitative estimate of drug-likeness (QED) is 0.922. The second-order valence-electron chi connectivity index (χ2n) is 5.02. The summed E-state index contributed by atoms with van der Waals surface area (Å²) in [7, 11) is -3.14. The lowest BCUT2D eigenvalue weighted by Gasteiger charge is -2.32. The van der Waals surface area contributed by atoms with Crippen LogP contribution in [0.4, 0.5) is 10.1 Å². The number of anilines is 1. The highest BCUT2D eigenvalue weighted by Gasteiger charge is 2.26. The van der Waals surface area contributed by atoms with Gasteiger partial charge in [0.15, 0.2) is 0 Å². The zero-order valence-corrected chi connectivity index (χ0v) is 12.7. The highest BCUT2D eigenvalue weighted by atomic mass is 32.2. The van der Waals surface area contributed by atoms with Gasteiger partial charge in [-0.15, -0.1) is 0 Å². The molecule has 0 saturated carbocycles. The van der Waals surface area contributed by atoms with E-state index in [2.05, 4.69) is 5.32 Å². The van der Waals surface area contributed by atoms with Crippen LogP contribution in [0.15, 0.2) is 18.2 Å². The smallest absolute Gasteiger partial charge is 0.213 e. The molecular weight excluding hydrogens is 293 g/mol. The van der Waals surface area contributed by atoms with Crippen molar-refractivity contribution in [3.05, 3.63) is 29.6 Å². The number of benzene rings is 1. The van der Waals surface area contributed by atoms with Gasteiger partial charge in [0.2, 0.25) is 10.0 Å². The van der Waals surface area contributed by atoms with Gasteiger partial charge in [0.05, 0.1) is 23.1 Å². The Morgan fingerprint density at radius 2 is 2.10 bits per heavy atom. The molecule has 0 atom stereocenters. The number of sulfonamides is 1. The molecular formula is C14H18FN3O2S. The fraction of sp³-hybridized carbons (Fsp3) is 0.500. The largest absolute Gasteiger partial charge is 0.380 e. The van der Waals surface area contributed by atoms with E-state index >= 15 is 0 Å². The van der Waals surface area contributed by atoms with Crippen LogP contribution in [-0.4, -0.2) is 37.6 Å². The van der Waals surface area contributed by atoms with Crippen molar-refractivity contribution in [2.45, 2.75) is 25.8 Å². The summed E-state index contributed by atoms with van der Waals surface area (Å²) < 4.78 is 38.8. The SMILES string of the molecule is CCS(=O)(=O)N1CCC(Nc2ccc(C#N)cc2F)CC1. The van der Waals surface area contributed by atoms with Crippen molar-refractivity contribution in [3.8, 4) is 6.07 Å². The summed E-state index contributed by atoms with van der Waals surface area (Å²) in [5.74, 6) is -0.354. The first-order valence-corrected chi connectivity index (χ1v) is 8.51. The number of hydrogen-bond donors (Lipinski definition) is 1. The summed E-state index contributed by atoms with van der Waals surface area (Å²) in [4.78, 5) is 0. The fourth-order valence-electron chi connectivity index (χ4n) is 2.38. The van der Waals surface area contributed by atoms with Crippen molar-refractivity contribution in [2.24, 2.45) is 0 Å². The third-order valence-electron chi connectivity index (χ3n) is 3.67. The van der Waals surface area contributed by atoms with Crippen LogP contribution in [0.25, 0.3) is 0 Å². The van der Waals surface area contributed by atoms with E-state index < -0.39 is 15.8 Å². The summed E-state index contributed by atoms with van der Waals surface area (Å²) in [5.41, 5.74) is 0.632. The van der Waals surface area contributed by atoms with E-state index in [4.69, 9.17) is 5.26 Å². The van der Waals surface area contributed by atoms with Gasteiger partial charge in [-0.05, 0) is 38.0 Å². The van der Waals surface area contributed by atoms with Crippen LogP contribution in [-0.2, 0) is 10.0 Å². The maximum absolute atomic E-state index is 13.8. The van der Waals surface area contributed by atoms with Gasteiger partial charge in [0.25, 0.3) is 0 Å². The number of nitriles is 1. The van der Waals surface area contributed by atoms with Gasteiger partial charge in [-0.1, -0.05) is 0 Å². The van der Waals surface area contributed by atoms with Gasteiger partial charge in [-0.2, -0.15) is 5.26 Å². The van der Waals surface area contributed by atoms with E-state index in [0.717, 1.165) is 0 Å². The summed E-state index contributed by atoms with van der Waals surface area (Å²) >= 11 is 0. The molecule has 2 rings (SSSR count). The Morgan fingerprint density at radius 1 is 1.43 bits per heavy atom. The molecule has 1 aliphatic rings. The Morgan fingerprint density at radius 3 is 2.62 bits per heavy atom. The van der Waals surface area contributed by atoms with Crippen molar-refractivity contribution in [1.29, 1.82) is 5.26 Å². The van der Waals surface area contributed by atoms with Crippen molar-refractivity contribution in [3.63, 3.8) is 0 Å². The molecule has 21 heavy (non-hydrogen) atoms. The predicted molar refractivity (Wildman–Crippen MR) is 78.8 cm³/mol. The molecule has 0 aromatic heterocycles. The molecule has 1 N–H and O–H groups in total. The lowest BCUT2D eigenvalue weighted by Crippen LogP contribution is -2.43. The van der Waals surface area contributed by atoms with Gasteiger partial charge < -0.3 is 5.32 Å². The van der Waals surface area contributed by atoms with E-state index in [0.29, 0.717) is 31.6 Å². The number of rotatable bonds is 4. The number of nitrogens with zero attached hydrogens (tertiary/aromatic N) is 2. The molecule has 7 heteroatoms. The monoisotopic (exact) mass is 311 g/mol. The topological polar surface area (TPSA) is 73.2 Å². The van der Waals surface area contributed by atoms with Crippen molar-refractivity contribution in [2.75, 3.05) is 24.2 Å². The normalized spacial score (nSPS) is 17.4. The highest BCUT2D eigenvalue weighted by Crippen LogP contribution is 2.21. The van der Waals surface area contributed by atoms with Gasteiger partial charge in [-0.3, -0.25) is 0 Å². The predicted octanol–water partition coefficient (Wildman–Crippen LogP) is 1.92. The van der Waals surface area contributed by atoms with Crippen LogP contribution < -0.4 is 5.32 Å². The summed E-state index contributed by atoms with van der Waals surface area (Å²) in [6, 6.07) is 6.22. The van der Waals surface area contributed by atoms with Gasteiger partial charge in [0, 0.05) is 19.1 Å². The Hall–Kier alpha value is -1.65. The second-order valence-corrected chi connectivity index (χ2v) is 7.28. The molecule has 0 aliphatic carbocycles. The molecule has 1 heterocycles. The zero-order valence-electron chi connectivity index (χ0n) is 11.8. The van der Waals surface area contributed by atoms with Crippen LogP contribution in [0.3, 0.4) is 0 Å². The molecule has 1 fully saturated rings. The minimum Gasteiger partial charge on any atom is -0.380 e. The molecule has 0 amide bonds. The number of piperidine rings is 1. The van der Waals surface area contributed by atoms with Crippen LogP contribution in [0.1, 0.15) is 25.3 Å². The van der Waals surface area contributed by atoms with E-state index in [-0.39, 0.29) is 17.4 Å². The Kier molecular flexibility index (Phi) is 4.80. The number of halogens is 1. The minimum absolute atomic E-state index is 0.0377. The molecule has 0 spiro atoms. The third kappa shape index (κ3) is 3.71. The van der Waals surface area contributed by atoms with E-state index in [1.165, 1.54) is 10.4 Å². The standard InChI is InChI=1S/C14H18FN3O2S/c1-2-21(19,20)18-7-5-12(6-8-18)17-14-4-3-11(10-16)9-13(14)15/h3-4,9,12,17H,2,5-8H2,1H3. The van der Waals surface area contributed by atoms with E-state index in [1.54, 1.807) is 19.1 Å².